The first kappa shape index (κ1) is 18.8. The van der Waals surface area contributed by atoms with E-state index in [1.807, 2.05) is 30.3 Å². The number of amides is 1. The van der Waals surface area contributed by atoms with E-state index in [0.29, 0.717) is 0 Å². The molecule has 0 fully saturated rings. The summed E-state index contributed by atoms with van der Waals surface area (Å²) in [6.45, 7) is 4.63. The van der Waals surface area contributed by atoms with Gasteiger partial charge in [-0.05, 0) is 26.3 Å². The molecule has 1 aromatic rings. The van der Waals surface area contributed by atoms with E-state index in [0.717, 1.165) is 5.56 Å². The molecule has 23 heavy (non-hydrogen) atoms. The molecule has 0 spiro atoms. The molecule has 1 amide bonds. The maximum atomic E-state index is 11.6. The molecule has 2 N–H and O–H groups in total. The molecule has 0 radical (unpaired) electrons. The van der Waals surface area contributed by atoms with Crippen molar-refractivity contribution in [3.8, 4) is 0 Å². The SMILES string of the molecule is CC(C)(C)OC(=O)NC(CO)COC(=O)OCc1ccccc1. The number of hydrogen-bond donors (Lipinski definition) is 2. The Morgan fingerprint density at radius 2 is 1.83 bits per heavy atom. The molecule has 0 aromatic heterocycles. The van der Waals surface area contributed by atoms with Gasteiger partial charge in [0.05, 0.1) is 12.6 Å². The second-order valence-corrected chi connectivity index (χ2v) is 5.86. The molecule has 1 unspecified atom stereocenters. The molecule has 1 atom stereocenters. The molecule has 0 heterocycles. The Bertz CT molecular complexity index is 497. The van der Waals surface area contributed by atoms with E-state index >= 15 is 0 Å². The lowest BCUT2D eigenvalue weighted by Crippen LogP contribution is -2.43. The van der Waals surface area contributed by atoms with Crippen LogP contribution in [0.3, 0.4) is 0 Å². The van der Waals surface area contributed by atoms with Gasteiger partial charge in [-0.2, -0.15) is 0 Å². The van der Waals surface area contributed by atoms with Crippen LogP contribution < -0.4 is 5.32 Å². The first-order valence-electron chi connectivity index (χ1n) is 7.24. The van der Waals surface area contributed by atoms with Crippen molar-refractivity contribution in [2.75, 3.05) is 13.2 Å². The molecule has 128 valence electrons. The Hall–Kier alpha value is -2.28. The third-order valence-corrected chi connectivity index (χ3v) is 2.54. The molecular weight excluding hydrogens is 302 g/mol. The highest BCUT2D eigenvalue weighted by Gasteiger charge is 2.20. The summed E-state index contributed by atoms with van der Waals surface area (Å²) in [6, 6.07) is 8.37. The highest BCUT2D eigenvalue weighted by Crippen LogP contribution is 2.07. The lowest BCUT2D eigenvalue weighted by Gasteiger charge is -2.22. The van der Waals surface area contributed by atoms with Crippen LogP contribution in [-0.4, -0.2) is 42.2 Å². The van der Waals surface area contributed by atoms with E-state index in [9.17, 15) is 14.7 Å². The molecule has 7 heteroatoms. The van der Waals surface area contributed by atoms with Gasteiger partial charge in [0.15, 0.2) is 0 Å². The van der Waals surface area contributed by atoms with Gasteiger partial charge in [-0.15, -0.1) is 0 Å². The van der Waals surface area contributed by atoms with Gasteiger partial charge < -0.3 is 24.6 Å². The van der Waals surface area contributed by atoms with Gasteiger partial charge in [0.1, 0.15) is 18.8 Å². The fourth-order valence-corrected chi connectivity index (χ4v) is 1.54. The number of benzene rings is 1. The van der Waals surface area contributed by atoms with Gasteiger partial charge in [-0.1, -0.05) is 30.3 Å². The number of aliphatic hydroxyl groups excluding tert-OH is 1. The topological polar surface area (TPSA) is 94.1 Å². The number of carbonyl (C=O) groups excluding carboxylic acids is 2. The van der Waals surface area contributed by atoms with Crippen molar-refractivity contribution in [3.05, 3.63) is 35.9 Å². The van der Waals surface area contributed by atoms with E-state index in [2.05, 4.69) is 5.32 Å². The van der Waals surface area contributed by atoms with Crippen molar-refractivity contribution in [1.29, 1.82) is 0 Å². The fraction of sp³-hybridized carbons (Fsp3) is 0.500. The van der Waals surface area contributed by atoms with Crippen molar-refractivity contribution < 1.29 is 28.9 Å². The number of nitrogens with one attached hydrogen (secondary N) is 1. The quantitative estimate of drug-likeness (QED) is 0.779. The highest BCUT2D eigenvalue weighted by molar-refractivity contribution is 5.68. The minimum Gasteiger partial charge on any atom is -0.444 e. The minimum atomic E-state index is -0.877. The second-order valence-electron chi connectivity index (χ2n) is 5.86. The molecular formula is C16H23NO6. The monoisotopic (exact) mass is 325 g/mol. The molecule has 0 bridgehead atoms. The van der Waals surface area contributed by atoms with Crippen LogP contribution in [-0.2, 0) is 20.8 Å². The Kier molecular flexibility index (Phi) is 7.34. The molecule has 0 aliphatic heterocycles. The van der Waals surface area contributed by atoms with E-state index in [-0.39, 0.29) is 13.2 Å². The van der Waals surface area contributed by atoms with Crippen LogP contribution in [0.5, 0.6) is 0 Å². The van der Waals surface area contributed by atoms with Crippen LogP contribution in [0.25, 0.3) is 0 Å². The molecule has 0 aliphatic rings. The van der Waals surface area contributed by atoms with Crippen LogP contribution >= 0.6 is 0 Å². The van der Waals surface area contributed by atoms with Gasteiger partial charge in [0.2, 0.25) is 0 Å². The summed E-state index contributed by atoms with van der Waals surface area (Å²) in [7, 11) is 0. The molecule has 0 saturated carbocycles. The van der Waals surface area contributed by atoms with Crippen LogP contribution in [0.1, 0.15) is 26.3 Å². The predicted octanol–water partition coefficient (Wildman–Crippen LogP) is 2.23. The molecule has 0 aliphatic carbocycles. The van der Waals surface area contributed by atoms with E-state index in [4.69, 9.17) is 14.2 Å². The summed E-state index contributed by atoms with van der Waals surface area (Å²) >= 11 is 0. The minimum absolute atomic E-state index is 0.0863. The van der Waals surface area contributed by atoms with E-state index in [1.165, 1.54) is 0 Å². The largest absolute Gasteiger partial charge is 0.508 e. The van der Waals surface area contributed by atoms with E-state index < -0.39 is 30.5 Å². The summed E-state index contributed by atoms with van der Waals surface area (Å²) in [5, 5.41) is 11.6. The van der Waals surface area contributed by atoms with Gasteiger partial charge in [0, 0.05) is 0 Å². The maximum Gasteiger partial charge on any atom is 0.508 e. The lowest BCUT2D eigenvalue weighted by atomic mass is 10.2. The summed E-state index contributed by atoms with van der Waals surface area (Å²) in [6.07, 6.45) is -1.57. The second kappa shape index (κ2) is 8.99. The van der Waals surface area contributed by atoms with Crippen LogP contribution in [0, 0.1) is 0 Å². The average Bonchev–Trinajstić information content (AvgIpc) is 2.48. The number of ether oxygens (including phenoxy) is 3. The molecule has 1 rings (SSSR count). The average molecular weight is 325 g/mol. The number of rotatable bonds is 6. The third kappa shape index (κ3) is 8.67. The normalized spacial score (nSPS) is 12.2. The van der Waals surface area contributed by atoms with Crippen molar-refractivity contribution in [1.82, 2.24) is 5.32 Å². The molecule has 7 nitrogen and oxygen atoms in total. The number of alkyl carbamates (subject to hydrolysis) is 1. The first-order valence-corrected chi connectivity index (χ1v) is 7.24. The zero-order chi connectivity index (χ0) is 17.3. The summed E-state index contributed by atoms with van der Waals surface area (Å²) < 4.78 is 14.8. The standard InChI is InChI=1S/C16H23NO6/c1-16(2,3)23-14(19)17-13(9-18)11-22-15(20)21-10-12-7-5-4-6-8-12/h4-8,13,18H,9-11H2,1-3H3,(H,17,19). The van der Waals surface area contributed by atoms with Crippen molar-refractivity contribution in [3.63, 3.8) is 0 Å². The Morgan fingerprint density at radius 3 is 2.39 bits per heavy atom. The maximum absolute atomic E-state index is 11.6. The Labute approximate surface area is 135 Å². The van der Waals surface area contributed by atoms with Gasteiger partial charge in [0.25, 0.3) is 0 Å². The van der Waals surface area contributed by atoms with Crippen LogP contribution in [0.2, 0.25) is 0 Å². The summed E-state index contributed by atoms with van der Waals surface area (Å²) in [4.78, 5) is 23.0. The van der Waals surface area contributed by atoms with Crippen molar-refractivity contribution in [2.24, 2.45) is 0 Å². The van der Waals surface area contributed by atoms with Crippen molar-refractivity contribution in [2.45, 2.75) is 39.0 Å². The Balaban J connectivity index is 2.30. The summed E-state index contributed by atoms with van der Waals surface area (Å²) in [5.74, 6) is 0. The predicted molar refractivity (Wildman–Crippen MR) is 82.8 cm³/mol. The molecule has 1 aromatic carbocycles. The van der Waals surface area contributed by atoms with Crippen LogP contribution in [0.15, 0.2) is 30.3 Å². The zero-order valence-electron chi connectivity index (χ0n) is 13.6. The van der Waals surface area contributed by atoms with Crippen LogP contribution in [0.4, 0.5) is 9.59 Å². The third-order valence-electron chi connectivity index (χ3n) is 2.54. The van der Waals surface area contributed by atoms with Gasteiger partial charge in [-0.25, -0.2) is 9.59 Å². The first-order chi connectivity index (χ1) is 10.8. The van der Waals surface area contributed by atoms with Gasteiger partial charge >= 0.3 is 12.2 Å². The van der Waals surface area contributed by atoms with Crippen molar-refractivity contribution >= 4 is 12.2 Å². The van der Waals surface area contributed by atoms with E-state index in [1.54, 1.807) is 20.8 Å². The zero-order valence-corrected chi connectivity index (χ0v) is 13.6. The Morgan fingerprint density at radius 1 is 1.17 bits per heavy atom. The molecule has 0 saturated heterocycles. The van der Waals surface area contributed by atoms with Gasteiger partial charge in [-0.3, -0.25) is 0 Å². The number of hydrogen-bond acceptors (Lipinski definition) is 6. The lowest BCUT2D eigenvalue weighted by molar-refractivity contribution is 0.0271. The summed E-state index contributed by atoms with van der Waals surface area (Å²) in [5.41, 5.74) is 0.176. The fourth-order valence-electron chi connectivity index (χ4n) is 1.54. The number of aliphatic hydroxyl groups is 1. The smallest absolute Gasteiger partial charge is 0.444 e. The highest BCUT2D eigenvalue weighted by atomic mass is 16.7. The number of carbonyl (C=O) groups is 2.